The predicted molar refractivity (Wildman–Crippen MR) is 65.7 cm³/mol. The van der Waals surface area contributed by atoms with Crippen molar-refractivity contribution in [3.05, 3.63) is 24.3 Å². The van der Waals surface area contributed by atoms with Gasteiger partial charge in [-0.25, -0.2) is 0 Å². The molecular formula is C12H17N3O. The number of amidine groups is 1. The highest BCUT2D eigenvalue weighted by molar-refractivity contribution is 5.79. The largest absolute Gasteiger partial charge is 0.462 e. The molecule has 0 aromatic heterocycles. The van der Waals surface area contributed by atoms with Crippen LogP contribution in [0.2, 0.25) is 0 Å². The van der Waals surface area contributed by atoms with E-state index in [1.165, 1.54) is 0 Å². The third kappa shape index (κ3) is 1.96. The molecule has 0 spiro atoms. The Hall–Kier alpha value is -1.71. The number of anilines is 1. The Morgan fingerprint density at radius 3 is 2.44 bits per heavy atom. The number of hydrogen-bond donors (Lipinski definition) is 1. The Labute approximate surface area is 95.7 Å². The van der Waals surface area contributed by atoms with Gasteiger partial charge in [-0.15, -0.1) is 0 Å². The molecule has 0 radical (unpaired) electrons. The van der Waals surface area contributed by atoms with E-state index in [-0.39, 0.29) is 5.54 Å². The smallest absolute Gasteiger partial charge is 0.292 e. The molecule has 86 valence electrons. The summed E-state index contributed by atoms with van der Waals surface area (Å²) < 4.78 is 5.56. The molecule has 1 aliphatic heterocycles. The maximum absolute atomic E-state index is 5.62. The highest BCUT2D eigenvalue weighted by atomic mass is 16.5. The highest BCUT2D eigenvalue weighted by Crippen LogP contribution is 2.24. The lowest BCUT2D eigenvalue weighted by atomic mass is 10.1. The van der Waals surface area contributed by atoms with Crippen molar-refractivity contribution in [1.29, 1.82) is 0 Å². The minimum absolute atomic E-state index is 0.00659. The van der Waals surface area contributed by atoms with Gasteiger partial charge in [-0.1, -0.05) is 0 Å². The van der Waals surface area contributed by atoms with Crippen molar-refractivity contribution in [2.45, 2.75) is 19.4 Å². The first kappa shape index (κ1) is 10.8. The van der Waals surface area contributed by atoms with Crippen LogP contribution in [-0.4, -0.2) is 30.1 Å². The molecule has 1 aromatic rings. The molecule has 1 aromatic carbocycles. The van der Waals surface area contributed by atoms with Gasteiger partial charge < -0.3 is 15.4 Å². The standard InChI is InChI=1S/C12H17N3O/c1-12(2)8-16-11(15(12)3)14-10-6-4-9(13)5-7-10/h4-7H,8,13H2,1-3H3/b14-11+. The minimum Gasteiger partial charge on any atom is -0.462 e. The molecular weight excluding hydrogens is 202 g/mol. The lowest BCUT2D eigenvalue weighted by molar-refractivity contribution is 0.246. The first-order valence-electron chi connectivity index (χ1n) is 5.30. The van der Waals surface area contributed by atoms with Gasteiger partial charge in [0, 0.05) is 12.7 Å². The number of benzene rings is 1. The van der Waals surface area contributed by atoms with Crippen LogP contribution in [0.5, 0.6) is 0 Å². The summed E-state index contributed by atoms with van der Waals surface area (Å²) in [5.74, 6) is 0. The van der Waals surface area contributed by atoms with E-state index in [0.29, 0.717) is 12.6 Å². The number of aliphatic imine (C=N–C) groups is 1. The van der Waals surface area contributed by atoms with Gasteiger partial charge in [0.2, 0.25) is 0 Å². The summed E-state index contributed by atoms with van der Waals surface area (Å²) in [6, 6.07) is 8.09. The van der Waals surface area contributed by atoms with E-state index in [1.54, 1.807) is 0 Å². The molecule has 0 atom stereocenters. The number of likely N-dealkylation sites (N-methyl/N-ethyl adjacent to an activating group) is 1. The second kappa shape index (κ2) is 3.70. The molecule has 0 aliphatic carbocycles. The fourth-order valence-corrected chi connectivity index (χ4v) is 1.46. The number of nitrogens with zero attached hydrogens (tertiary/aromatic N) is 2. The first-order chi connectivity index (χ1) is 7.49. The van der Waals surface area contributed by atoms with Crippen molar-refractivity contribution < 1.29 is 4.74 Å². The Morgan fingerprint density at radius 1 is 1.31 bits per heavy atom. The number of ether oxygens (including phenoxy) is 1. The second-order valence-electron chi connectivity index (χ2n) is 4.65. The molecule has 1 saturated heterocycles. The maximum atomic E-state index is 5.62. The zero-order valence-corrected chi connectivity index (χ0v) is 9.90. The zero-order chi connectivity index (χ0) is 11.8. The second-order valence-corrected chi connectivity index (χ2v) is 4.65. The lowest BCUT2D eigenvalue weighted by Crippen LogP contribution is -2.38. The van der Waals surface area contributed by atoms with Crippen molar-refractivity contribution in [2.75, 3.05) is 19.4 Å². The summed E-state index contributed by atoms with van der Waals surface area (Å²) in [7, 11) is 1.99. The van der Waals surface area contributed by atoms with E-state index in [1.807, 2.05) is 36.2 Å². The molecule has 0 amide bonds. The monoisotopic (exact) mass is 219 g/mol. The maximum Gasteiger partial charge on any atom is 0.292 e. The van der Waals surface area contributed by atoms with Crippen LogP contribution in [0.3, 0.4) is 0 Å². The topological polar surface area (TPSA) is 50.8 Å². The van der Waals surface area contributed by atoms with E-state index < -0.39 is 0 Å². The van der Waals surface area contributed by atoms with Crippen LogP contribution in [0.1, 0.15) is 13.8 Å². The van der Waals surface area contributed by atoms with Crippen LogP contribution >= 0.6 is 0 Å². The molecule has 4 heteroatoms. The average Bonchev–Trinajstić information content (AvgIpc) is 2.49. The van der Waals surface area contributed by atoms with Crippen LogP contribution < -0.4 is 5.73 Å². The molecule has 0 saturated carbocycles. The summed E-state index contributed by atoms with van der Waals surface area (Å²) in [5, 5.41) is 0. The van der Waals surface area contributed by atoms with E-state index >= 15 is 0 Å². The van der Waals surface area contributed by atoms with Crippen molar-refractivity contribution in [3.63, 3.8) is 0 Å². The van der Waals surface area contributed by atoms with Gasteiger partial charge in [-0.05, 0) is 38.1 Å². The average molecular weight is 219 g/mol. The van der Waals surface area contributed by atoms with Crippen LogP contribution in [0.4, 0.5) is 11.4 Å². The quantitative estimate of drug-likeness (QED) is 0.735. The normalized spacial score (nSPS) is 21.2. The van der Waals surface area contributed by atoms with Gasteiger partial charge in [0.1, 0.15) is 6.61 Å². The molecule has 0 unspecified atom stereocenters. The molecule has 1 fully saturated rings. The molecule has 2 rings (SSSR count). The summed E-state index contributed by atoms with van der Waals surface area (Å²) in [6.45, 7) is 4.91. The third-order valence-electron chi connectivity index (χ3n) is 2.87. The third-order valence-corrected chi connectivity index (χ3v) is 2.87. The first-order valence-corrected chi connectivity index (χ1v) is 5.30. The minimum atomic E-state index is 0.00659. The van der Waals surface area contributed by atoms with Gasteiger partial charge in [0.25, 0.3) is 6.02 Å². The Balaban J connectivity index is 2.23. The van der Waals surface area contributed by atoms with E-state index in [0.717, 1.165) is 11.4 Å². The Kier molecular flexibility index (Phi) is 2.50. The highest BCUT2D eigenvalue weighted by Gasteiger charge is 2.35. The number of rotatable bonds is 1. The molecule has 2 N–H and O–H groups in total. The number of hydrogen-bond acceptors (Lipinski definition) is 3. The van der Waals surface area contributed by atoms with E-state index in [4.69, 9.17) is 10.5 Å². The van der Waals surface area contributed by atoms with Crippen molar-refractivity contribution in [3.8, 4) is 0 Å². The Bertz CT molecular complexity index is 409. The van der Waals surface area contributed by atoms with E-state index in [2.05, 4.69) is 18.8 Å². The zero-order valence-electron chi connectivity index (χ0n) is 9.90. The van der Waals surface area contributed by atoms with Crippen molar-refractivity contribution in [1.82, 2.24) is 4.90 Å². The van der Waals surface area contributed by atoms with Crippen LogP contribution in [-0.2, 0) is 4.74 Å². The molecule has 4 nitrogen and oxygen atoms in total. The summed E-state index contributed by atoms with van der Waals surface area (Å²) in [6.07, 6.45) is 0. The van der Waals surface area contributed by atoms with Crippen molar-refractivity contribution in [2.24, 2.45) is 4.99 Å². The number of nitrogen functional groups attached to an aromatic ring is 1. The molecule has 1 aliphatic rings. The molecule has 1 heterocycles. The summed E-state index contributed by atoms with van der Waals surface area (Å²) >= 11 is 0. The van der Waals surface area contributed by atoms with E-state index in [9.17, 15) is 0 Å². The molecule has 0 bridgehead atoms. The van der Waals surface area contributed by atoms with Gasteiger partial charge in [-0.2, -0.15) is 4.99 Å². The van der Waals surface area contributed by atoms with Crippen LogP contribution in [0.25, 0.3) is 0 Å². The summed E-state index contributed by atoms with van der Waals surface area (Å²) in [5.41, 5.74) is 7.22. The van der Waals surface area contributed by atoms with Gasteiger partial charge in [0.15, 0.2) is 0 Å². The fraction of sp³-hybridized carbons (Fsp3) is 0.417. The molecule has 16 heavy (non-hydrogen) atoms. The fourth-order valence-electron chi connectivity index (χ4n) is 1.46. The Morgan fingerprint density at radius 2 is 1.94 bits per heavy atom. The van der Waals surface area contributed by atoms with Gasteiger partial charge in [0.05, 0.1) is 11.2 Å². The summed E-state index contributed by atoms with van der Waals surface area (Å²) in [4.78, 5) is 6.49. The lowest BCUT2D eigenvalue weighted by Gasteiger charge is -2.24. The van der Waals surface area contributed by atoms with Crippen LogP contribution in [0.15, 0.2) is 29.3 Å². The number of nitrogens with two attached hydrogens (primary N) is 1. The van der Waals surface area contributed by atoms with Gasteiger partial charge >= 0.3 is 0 Å². The predicted octanol–water partition coefficient (Wildman–Crippen LogP) is 2.00. The SMILES string of the molecule is CN1/C(=N\c2ccc(N)cc2)OCC1(C)C. The van der Waals surface area contributed by atoms with Crippen LogP contribution in [0, 0.1) is 0 Å². The van der Waals surface area contributed by atoms with Crippen molar-refractivity contribution >= 4 is 17.4 Å². The van der Waals surface area contributed by atoms with Gasteiger partial charge in [-0.3, -0.25) is 0 Å².